The maximum Gasteiger partial charge on any atom is 0.0706 e. The van der Waals surface area contributed by atoms with Crippen LogP contribution in [-0.4, -0.2) is 22.9 Å². The topological polar surface area (TPSA) is 29.9 Å². The van der Waals surface area contributed by atoms with E-state index in [0.717, 1.165) is 19.5 Å². The molecule has 3 nitrogen and oxygen atoms in total. The standard InChI is InChI=1S/C17H27N3/c1-5-10-18-12-14(3)13(2)11-16-15-8-6-7-9-17(15)20(4)19-16/h6-9,13-14,18H,5,10-12H2,1-4H3. The van der Waals surface area contributed by atoms with Gasteiger partial charge in [-0.15, -0.1) is 0 Å². The maximum absolute atomic E-state index is 4.70. The molecule has 2 aromatic rings. The lowest BCUT2D eigenvalue weighted by atomic mass is 9.90. The average Bonchev–Trinajstić information content (AvgIpc) is 2.76. The summed E-state index contributed by atoms with van der Waals surface area (Å²) in [5.74, 6) is 1.31. The van der Waals surface area contributed by atoms with E-state index in [-0.39, 0.29) is 0 Å². The Hall–Kier alpha value is -1.35. The van der Waals surface area contributed by atoms with Gasteiger partial charge in [-0.1, -0.05) is 39.0 Å². The molecule has 1 aromatic carbocycles. The van der Waals surface area contributed by atoms with E-state index in [1.54, 1.807) is 0 Å². The van der Waals surface area contributed by atoms with E-state index in [9.17, 15) is 0 Å². The lowest BCUT2D eigenvalue weighted by Crippen LogP contribution is -2.26. The van der Waals surface area contributed by atoms with Crippen LogP contribution >= 0.6 is 0 Å². The van der Waals surface area contributed by atoms with Crippen LogP contribution in [0.1, 0.15) is 32.9 Å². The monoisotopic (exact) mass is 273 g/mol. The molecular weight excluding hydrogens is 246 g/mol. The molecule has 110 valence electrons. The van der Waals surface area contributed by atoms with Crippen LogP contribution in [0, 0.1) is 11.8 Å². The van der Waals surface area contributed by atoms with Crippen molar-refractivity contribution in [3.05, 3.63) is 30.0 Å². The molecule has 0 fully saturated rings. The lowest BCUT2D eigenvalue weighted by molar-refractivity contribution is 0.363. The van der Waals surface area contributed by atoms with Gasteiger partial charge < -0.3 is 5.32 Å². The minimum Gasteiger partial charge on any atom is -0.316 e. The SMILES string of the molecule is CCCNCC(C)C(C)Cc1nn(C)c2ccccc12. The molecule has 2 atom stereocenters. The van der Waals surface area contributed by atoms with E-state index in [4.69, 9.17) is 5.10 Å². The molecule has 0 aliphatic rings. The first-order valence-electron chi connectivity index (χ1n) is 7.74. The van der Waals surface area contributed by atoms with Crippen LogP contribution in [0.3, 0.4) is 0 Å². The van der Waals surface area contributed by atoms with Gasteiger partial charge in [0.25, 0.3) is 0 Å². The zero-order chi connectivity index (χ0) is 14.5. The van der Waals surface area contributed by atoms with E-state index >= 15 is 0 Å². The Morgan fingerprint density at radius 3 is 2.70 bits per heavy atom. The minimum absolute atomic E-state index is 0.637. The smallest absolute Gasteiger partial charge is 0.0706 e. The van der Waals surface area contributed by atoms with Crippen molar-refractivity contribution in [3.8, 4) is 0 Å². The largest absolute Gasteiger partial charge is 0.316 e. The van der Waals surface area contributed by atoms with E-state index in [1.807, 2.05) is 11.7 Å². The van der Waals surface area contributed by atoms with Crippen molar-refractivity contribution in [3.63, 3.8) is 0 Å². The summed E-state index contributed by atoms with van der Waals surface area (Å²) in [7, 11) is 2.03. The van der Waals surface area contributed by atoms with Crippen LogP contribution < -0.4 is 5.32 Å². The van der Waals surface area contributed by atoms with Crippen LogP contribution in [0.25, 0.3) is 10.9 Å². The summed E-state index contributed by atoms with van der Waals surface area (Å²) >= 11 is 0. The van der Waals surface area contributed by atoms with Gasteiger partial charge in [-0.25, -0.2) is 0 Å². The summed E-state index contributed by atoms with van der Waals surface area (Å²) in [6.45, 7) is 9.09. The Morgan fingerprint density at radius 1 is 1.20 bits per heavy atom. The fraction of sp³-hybridized carbons (Fsp3) is 0.588. The Balaban J connectivity index is 2.04. The first kappa shape index (κ1) is 15.0. The van der Waals surface area contributed by atoms with Gasteiger partial charge in [-0.2, -0.15) is 5.10 Å². The van der Waals surface area contributed by atoms with Crippen LogP contribution in [0.4, 0.5) is 0 Å². The van der Waals surface area contributed by atoms with Crippen LogP contribution in [-0.2, 0) is 13.5 Å². The molecule has 1 heterocycles. The molecule has 2 rings (SSSR count). The van der Waals surface area contributed by atoms with Crippen molar-refractivity contribution in [2.75, 3.05) is 13.1 Å². The summed E-state index contributed by atoms with van der Waals surface area (Å²) in [5.41, 5.74) is 2.46. The highest BCUT2D eigenvalue weighted by atomic mass is 15.3. The van der Waals surface area contributed by atoms with Crippen molar-refractivity contribution in [2.45, 2.75) is 33.6 Å². The zero-order valence-corrected chi connectivity index (χ0v) is 13.2. The van der Waals surface area contributed by atoms with Gasteiger partial charge in [0, 0.05) is 12.4 Å². The number of hydrogen-bond donors (Lipinski definition) is 1. The number of para-hydroxylation sites is 1. The predicted octanol–water partition coefficient (Wildman–Crippen LogP) is 3.39. The first-order chi connectivity index (χ1) is 9.63. The second-order valence-electron chi connectivity index (χ2n) is 5.95. The molecule has 0 aliphatic heterocycles. The Bertz CT molecular complexity index is 544. The number of aryl methyl sites for hydroxylation is 1. The zero-order valence-electron chi connectivity index (χ0n) is 13.2. The maximum atomic E-state index is 4.70. The molecule has 0 aliphatic carbocycles. The Labute approximate surface area is 122 Å². The van der Waals surface area contributed by atoms with Gasteiger partial charge >= 0.3 is 0 Å². The van der Waals surface area contributed by atoms with Gasteiger partial charge in [0.15, 0.2) is 0 Å². The Kier molecular flexibility index (Phi) is 5.18. The molecule has 3 heteroatoms. The van der Waals surface area contributed by atoms with Gasteiger partial charge in [0.1, 0.15) is 0 Å². The molecule has 0 saturated carbocycles. The third-order valence-corrected chi connectivity index (χ3v) is 4.21. The summed E-state index contributed by atoms with van der Waals surface area (Å²) in [4.78, 5) is 0. The number of benzene rings is 1. The van der Waals surface area contributed by atoms with Crippen molar-refractivity contribution in [1.82, 2.24) is 15.1 Å². The molecule has 0 amide bonds. The van der Waals surface area contributed by atoms with Crippen LogP contribution in [0.5, 0.6) is 0 Å². The molecule has 20 heavy (non-hydrogen) atoms. The van der Waals surface area contributed by atoms with Gasteiger partial charge in [-0.3, -0.25) is 4.68 Å². The Morgan fingerprint density at radius 2 is 1.95 bits per heavy atom. The third kappa shape index (κ3) is 3.40. The molecule has 0 saturated heterocycles. The quantitative estimate of drug-likeness (QED) is 0.784. The molecule has 0 spiro atoms. The fourth-order valence-corrected chi connectivity index (χ4v) is 2.65. The summed E-state index contributed by atoms with van der Waals surface area (Å²) in [6, 6.07) is 8.51. The highest BCUT2D eigenvalue weighted by Gasteiger charge is 2.16. The second-order valence-corrected chi connectivity index (χ2v) is 5.95. The number of nitrogens with zero attached hydrogens (tertiary/aromatic N) is 2. The highest BCUT2D eigenvalue weighted by molar-refractivity contribution is 5.81. The lowest BCUT2D eigenvalue weighted by Gasteiger charge is -2.19. The third-order valence-electron chi connectivity index (χ3n) is 4.21. The molecule has 1 N–H and O–H groups in total. The molecule has 2 unspecified atom stereocenters. The number of aromatic nitrogens is 2. The van der Waals surface area contributed by atoms with E-state index < -0.39 is 0 Å². The van der Waals surface area contributed by atoms with Crippen molar-refractivity contribution < 1.29 is 0 Å². The predicted molar refractivity (Wildman–Crippen MR) is 85.9 cm³/mol. The normalized spacial score (nSPS) is 14.6. The number of rotatable bonds is 7. The van der Waals surface area contributed by atoms with Crippen LogP contribution in [0.2, 0.25) is 0 Å². The van der Waals surface area contributed by atoms with Crippen molar-refractivity contribution in [1.29, 1.82) is 0 Å². The van der Waals surface area contributed by atoms with E-state index in [1.165, 1.54) is 23.0 Å². The second kappa shape index (κ2) is 6.89. The average molecular weight is 273 g/mol. The number of hydrogen-bond acceptors (Lipinski definition) is 2. The summed E-state index contributed by atoms with van der Waals surface area (Å²) < 4.78 is 2.00. The van der Waals surface area contributed by atoms with Gasteiger partial charge in [0.2, 0.25) is 0 Å². The first-order valence-corrected chi connectivity index (χ1v) is 7.74. The minimum atomic E-state index is 0.637. The fourth-order valence-electron chi connectivity index (χ4n) is 2.65. The number of nitrogens with one attached hydrogen (secondary N) is 1. The molecular formula is C17H27N3. The van der Waals surface area contributed by atoms with Gasteiger partial charge in [0.05, 0.1) is 11.2 Å². The molecule has 1 aromatic heterocycles. The summed E-state index contributed by atoms with van der Waals surface area (Å²) in [6.07, 6.45) is 2.25. The van der Waals surface area contributed by atoms with E-state index in [0.29, 0.717) is 11.8 Å². The highest BCUT2D eigenvalue weighted by Crippen LogP contribution is 2.23. The molecule has 0 radical (unpaired) electrons. The van der Waals surface area contributed by atoms with Crippen LogP contribution in [0.15, 0.2) is 24.3 Å². The molecule has 0 bridgehead atoms. The van der Waals surface area contributed by atoms with Gasteiger partial charge in [-0.05, 0) is 43.8 Å². The van der Waals surface area contributed by atoms with Crippen molar-refractivity contribution >= 4 is 10.9 Å². The van der Waals surface area contributed by atoms with Crippen molar-refractivity contribution in [2.24, 2.45) is 18.9 Å². The number of fused-ring (bicyclic) bond motifs is 1. The van der Waals surface area contributed by atoms with E-state index in [2.05, 4.69) is 50.4 Å². The summed E-state index contributed by atoms with van der Waals surface area (Å²) in [5, 5.41) is 9.52.